The number of carboxylic acid groups (broad SMARTS) is 1. The monoisotopic (exact) mass is 299 g/mol. The van der Waals surface area contributed by atoms with Crippen LogP contribution < -0.4 is 4.72 Å². The van der Waals surface area contributed by atoms with Crippen molar-refractivity contribution in [1.29, 1.82) is 0 Å². The number of carboxylic acids is 1. The summed E-state index contributed by atoms with van der Waals surface area (Å²) in [7, 11) is -3.80. The number of benzene rings is 1. The number of rotatable bonds is 7. The zero-order valence-corrected chi connectivity index (χ0v) is 12.8. The molecule has 0 heterocycles. The Morgan fingerprint density at radius 1 is 1.20 bits per heavy atom. The molecule has 0 aromatic heterocycles. The van der Waals surface area contributed by atoms with Crippen molar-refractivity contribution in [2.24, 2.45) is 0 Å². The molecule has 2 atom stereocenters. The number of carbonyl (C=O) groups is 1. The fourth-order valence-electron chi connectivity index (χ4n) is 1.77. The summed E-state index contributed by atoms with van der Waals surface area (Å²) in [4.78, 5) is 11.0. The van der Waals surface area contributed by atoms with Gasteiger partial charge in [0.05, 0.1) is 4.90 Å². The second-order valence-corrected chi connectivity index (χ2v) is 6.51. The van der Waals surface area contributed by atoms with Gasteiger partial charge in [-0.1, -0.05) is 32.9 Å². The summed E-state index contributed by atoms with van der Waals surface area (Å²) in [6, 6.07) is 5.46. The van der Waals surface area contributed by atoms with Crippen molar-refractivity contribution in [1.82, 2.24) is 4.72 Å². The molecule has 1 rings (SSSR count). The minimum absolute atomic E-state index is 0.0873. The predicted molar refractivity (Wildman–Crippen MR) is 77.2 cm³/mol. The highest BCUT2D eigenvalue weighted by molar-refractivity contribution is 7.89. The van der Waals surface area contributed by atoms with Gasteiger partial charge in [0.2, 0.25) is 10.0 Å². The maximum absolute atomic E-state index is 12.1. The Morgan fingerprint density at radius 2 is 1.75 bits per heavy atom. The highest BCUT2D eigenvalue weighted by Crippen LogP contribution is 2.20. The van der Waals surface area contributed by atoms with E-state index in [0.29, 0.717) is 5.92 Å². The number of hydrogen-bond donors (Lipinski definition) is 2. The summed E-state index contributed by atoms with van der Waals surface area (Å²) < 4.78 is 26.4. The van der Waals surface area contributed by atoms with Crippen LogP contribution in [0.1, 0.15) is 45.1 Å². The molecule has 0 aliphatic heterocycles. The lowest BCUT2D eigenvalue weighted by molar-refractivity contribution is -0.139. The first-order valence-corrected chi connectivity index (χ1v) is 8.15. The molecule has 0 amide bonds. The van der Waals surface area contributed by atoms with Crippen molar-refractivity contribution in [3.05, 3.63) is 29.8 Å². The summed E-state index contributed by atoms with van der Waals surface area (Å²) in [5, 5.41) is 8.91. The predicted octanol–water partition coefficient (Wildman–Crippen LogP) is 2.34. The molecule has 20 heavy (non-hydrogen) atoms. The Balaban J connectivity index is 2.96. The van der Waals surface area contributed by atoms with Crippen LogP contribution in [0.25, 0.3) is 0 Å². The third-order valence-electron chi connectivity index (χ3n) is 3.38. The summed E-state index contributed by atoms with van der Waals surface area (Å²) in [5.41, 5.74) is 1.07. The van der Waals surface area contributed by atoms with Crippen molar-refractivity contribution in [2.45, 2.75) is 50.5 Å². The SMILES string of the molecule is CCC(NS(=O)(=O)c1ccc(C(C)CC)cc1)C(=O)O. The summed E-state index contributed by atoms with van der Waals surface area (Å²) in [6.45, 7) is 5.75. The van der Waals surface area contributed by atoms with Crippen LogP contribution in [0.3, 0.4) is 0 Å². The first kappa shape index (κ1) is 16.7. The van der Waals surface area contributed by atoms with Gasteiger partial charge in [-0.05, 0) is 36.5 Å². The average Bonchev–Trinajstić information content (AvgIpc) is 2.43. The molecule has 0 radical (unpaired) electrons. The maximum Gasteiger partial charge on any atom is 0.321 e. The minimum atomic E-state index is -3.80. The van der Waals surface area contributed by atoms with Crippen LogP contribution in [-0.2, 0) is 14.8 Å². The van der Waals surface area contributed by atoms with Crippen molar-refractivity contribution in [3.8, 4) is 0 Å². The fraction of sp³-hybridized carbons (Fsp3) is 0.500. The molecule has 2 N–H and O–H groups in total. The van der Waals surface area contributed by atoms with E-state index in [9.17, 15) is 13.2 Å². The van der Waals surface area contributed by atoms with Gasteiger partial charge in [0, 0.05) is 0 Å². The quantitative estimate of drug-likeness (QED) is 0.809. The smallest absolute Gasteiger partial charge is 0.321 e. The van der Waals surface area contributed by atoms with Crippen LogP contribution in [0, 0.1) is 0 Å². The highest BCUT2D eigenvalue weighted by Gasteiger charge is 2.23. The normalized spacial score (nSPS) is 14.8. The number of hydrogen-bond acceptors (Lipinski definition) is 3. The number of nitrogens with one attached hydrogen (secondary N) is 1. The van der Waals surface area contributed by atoms with Crippen molar-refractivity contribution >= 4 is 16.0 Å². The standard InChI is InChI=1S/C14H21NO4S/c1-4-10(3)11-6-8-12(9-7-11)20(18,19)15-13(5-2)14(16)17/h6-10,13,15H,4-5H2,1-3H3,(H,16,17). The van der Waals surface area contributed by atoms with E-state index in [1.165, 1.54) is 12.1 Å². The van der Waals surface area contributed by atoms with Crippen molar-refractivity contribution < 1.29 is 18.3 Å². The molecule has 112 valence electrons. The number of sulfonamides is 1. The van der Waals surface area contributed by atoms with Gasteiger partial charge in [-0.25, -0.2) is 8.42 Å². The molecule has 5 nitrogen and oxygen atoms in total. The molecule has 0 saturated carbocycles. The molecule has 0 aliphatic rings. The Kier molecular flexibility index (Phi) is 5.71. The molecule has 6 heteroatoms. The molecule has 0 bridgehead atoms. The lowest BCUT2D eigenvalue weighted by atomic mass is 9.99. The zero-order valence-electron chi connectivity index (χ0n) is 12.0. The van der Waals surface area contributed by atoms with Crippen molar-refractivity contribution in [3.63, 3.8) is 0 Å². The third kappa shape index (κ3) is 4.05. The van der Waals surface area contributed by atoms with E-state index in [-0.39, 0.29) is 11.3 Å². The second kappa shape index (κ2) is 6.85. The van der Waals surface area contributed by atoms with Gasteiger partial charge >= 0.3 is 5.97 Å². The lowest BCUT2D eigenvalue weighted by Crippen LogP contribution is -2.40. The fourth-order valence-corrected chi connectivity index (χ4v) is 3.05. The van der Waals surface area contributed by atoms with Gasteiger partial charge in [0.25, 0.3) is 0 Å². The largest absolute Gasteiger partial charge is 0.480 e. The first-order chi connectivity index (χ1) is 9.31. The Hall–Kier alpha value is -1.40. The van der Waals surface area contributed by atoms with Crippen LogP contribution >= 0.6 is 0 Å². The van der Waals surface area contributed by atoms with Gasteiger partial charge < -0.3 is 5.11 Å². The Morgan fingerprint density at radius 3 is 2.15 bits per heavy atom. The van der Waals surface area contributed by atoms with E-state index in [2.05, 4.69) is 18.6 Å². The van der Waals surface area contributed by atoms with Gasteiger partial charge in [-0.2, -0.15) is 4.72 Å². The van der Waals surface area contributed by atoms with Crippen LogP contribution in [-0.4, -0.2) is 25.5 Å². The van der Waals surface area contributed by atoms with Crippen LogP contribution in [0.4, 0.5) is 0 Å². The van der Waals surface area contributed by atoms with Crippen LogP contribution in [0.2, 0.25) is 0 Å². The third-order valence-corrected chi connectivity index (χ3v) is 4.86. The summed E-state index contributed by atoms with van der Waals surface area (Å²) in [6.07, 6.45) is 1.17. The molecular formula is C14H21NO4S. The number of aliphatic carboxylic acids is 1. The topological polar surface area (TPSA) is 83.5 Å². The van der Waals surface area contributed by atoms with Crippen molar-refractivity contribution in [2.75, 3.05) is 0 Å². The first-order valence-electron chi connectivity index (χ1n) is 6.66. The minimum Gasteiger partial charge on any atom is -0.480 e. The van der Waals surface area contributed by atoms with Gasteiger partial charge in [-0.3, -0.25) is 4.79 Å². The molecule has 0 saturated heterocycles. The van der Waals surface area contributed by atoms with E-state index in [0.717, 1.165) is 12.0 Å². The van der Waals surface area contributed by atoms with E-state index >= 15 is 0 Å². The zero-order chi connectivity index (χ0) is 15.3. The highest BCUT2D eigenvalue weighted by atomic mass is 32.2. The summed E-state index contributed by atoms with van der Waals surface area (Å²) >= 11 is 0. The lowest BCUT2D eigenvalue weighted by Gasteiger charge is -2.14. The average molecular weight is 299 g/mol. The molecule has 1 aromatic carbocycles. The molecule has 0 spiro atoms. The van der Waals surface area contributed by atoms with Gasteiger partial charge in [-0.15, -0.1) is 0 Å². The molecule has 2 unspecified atom stereocenters. The van der Waals surface area contributed by atoms with Gasteiger partial charge in [0.1, 0.15) is 6.04 Å². The molecular weight excluding hydrogens is 278 g/mol. The Bertz CT molecular complexity index is 551. The van der Waals surface area contributed by atoms with Crippen LogP contribution in [0.5, 0.6) is 0 Å². The second-order valence-electron chi connectivity index (χ2n) is 4.80. The van der Waals surface area contributed by atoms with E-state index in [1.54, 1.807) is 19.1 Å². The summed E-state index contributed by atoms with van der Waals surface area (Å²) in [5.74, 6) is -0.811. The molecule has 0 aliphatic carbocycles. The molecule has 0 fully saturated rings. The van der Waals surface area contributed by atoms with E-state index in [4.69, 9.17) is 5.11 Å². The maximum atomic E-state index is 12.1. The van der Waals surface area contributed by atoms with E-state index in [1.807, 2.05) is 0 Å². The molecule has 1 aromatic rings. The van der Waals surface area contributed by atoms with Crippen LogP contribution in [0.15, 0.2) is 29.2 Å². The van der Waals surface area contributed by atoms with E-state index < -0.39 is 22.0 Å². The Labute approximate surface area is 120 Å². The van der Waals surface area contributed by atoms with Gasteiger partial charge in [0.15, 0.2) is 0 Å².